The van der Waals surface area contributed by atoms with Crippen molar-refractivity contribution in [3.8, 4) is 0 Å². The fourth-order valence-corrected chi connectivity index (χ4v) is 2.48. The van der Waals surface area contributed by atoms with Gasteiger partial charge in [0.2, 0.25) is 0 Å². The Labute approximate surface area is 134 Å². The number of hydrogen-bond donors (Lipinski definition) is 1. The summed E-state index contributed by atoms with van der Waals surface area (Å²) in [4.78, 5) is 2.15. The molecule has 2 nitrogen and oxygen atoms in total. The summed E-state index contributed by atoms with van der Waals surface area (Å²) in [6.45, 7) is 1.53. The minimum atomic E-state index is -0.224. The van der Waals surface area contributed by atoms with Crippen LogP contribution in [0, 0.1) is 5.82 Å². The summed E-state index contributed by atoms with van der Waals surface area (Å²) >= 11 is 3.18. The second-order valence-electron chi connectivity index (χ2n) is 5.35. The molecule has 0 saturated heterocycles. The number of rotatable bonds is 6. The van der Waals surface area contributed by atoms with E-state index in [0.717, 1.165) is 12.1 Å². The molecule has 0 radical (unpaired) electrons. The van der Waals surface area contributed by atoms with Crippen LogP contribution in [0.1, 0.15) is 17.2 Å². The SMILES string of the molecule is CN(C)CC(NCc1ccc(Br)c(F)c1)c1ccccc1. The van der Waals surface area contributed by atoms with Gasteiger partial charge in [-0.3, -0.25) is 0 Å². The van der Waals surface area contributed by atoms with E-state index in [1.54, 1.807) is 12.1 Å². The Balaban J connectivity index is 2.07. The molecule has 1 atom stereocenters. The molecule has 0 aliphatic rings. The summed E-state index contributed by atoms with van der Waals surface area (Å²) in [7, 11) is 4.10. The lowest BCUT2D eigenvalue weighted by molar-refractivity contribution is 0.340. The van der Waals surface area contributed by atoms with Crippen LogP contribution in [0.15, 0.2) is 53.0 Å². The van der Waals surface area contributed by atoms with Crippen LogP contribution in [-0.2, 0) is 6.54 Å². The summed E-state index contributed by atoms with van der Waals surface area (Å²) in [5.41, 5.74) is 2.18. The van der Waals surface area contributed by atoms with E-state index in [0.29, 0.717) is 11.0 Å². The Kier molecular flexibility index (Phi) is 5.91. The van der Waals surface area contributed by atoms with Gasteiger partial charge in [0.05, 0.1) is 4.47 Å². The molecular weight excluding hydrogens is 331 g/mol. The molecule has 2 aromatic rings. The minimum absolute atomic E-state index is 0.216. The van der Waals surface area contributed by atoms with Crippen molar-refractivity contribution in [2.24, 2.45) is 0 Å². The quantitative estimate of drug-likeness (QED) is 0.847. The smallest absolute Gasteiger partial charge is 0.137 e. The Morgan fingerprint density at radius 1 is 1.14 bits per heavy atom. The molecule has 1 unspecified atom stereocenters. The normalized spacial score (nSPS) is 12.6. The van der Waals surface area contributed by atoms with Crippen LogP contribution in [0.25, 0.3) is 0 Å². The first-order chi connectivity index (χ1) is 10.1. The second-order valence-corrected chi connectivity index (χ2v) is 6.21. The molecule has 0 amide bonds. The van der Waals surface area contributed by atoms with Gasteiger partial charge in [0, 0.05) is 19.1 Å². The van der Waals surface area contributed by atoms with Crippen molar-refractivity contribution in [2.45, 2.75) is 12.6 Å². The fourth-order valence-electron chi connectivity index (χ4n) is 2.23. The van der Waals surface area contributed by atoms with Crippen molar-refractivity contribution < 1.29 is 4.39 Å². The Morgan fingerprint density at radius 2 is 1.86 bits per heavy atom. The van der Waals surface area contributed by atoms with E-state index >= 15 is 0 Å². The molecule has 0 heterocycles. The monoisotopic (exact) mass is 350 g/mol. The average molecular weight is 351 g/mol. The van der Waals surface area contributed by atoms with E-state index in [1.807, 2.05) is 24.3 Å². The molecule has 0 spiro atoms. The maximum absolute atomic E-state index is 13.6. The Hall–Kier alpha value is -1.23. The van der Waals surface area contributed by atoms with Crippen LogP contribution in [0.5, 0.6) is 0 Å². The van der Waals surface area contributed by atoms with Crippen molar-refractivity contribution in [1.29, 1.82) is 0 Å². The maximum atomic E-state index is 13.6. The number of likely N-dealkylation sites (N-methyl/N-ethyl adjacent to an activating group) is 1. The van der Waals surface area contributed by atoms with E-state index in [4.69, 9.17) is 0 Å². The lowest BCUT2D eigenvalue weighted by Crippen LogP contribution is -2.30. The highest BCUT2D eigenvalue weighted by Gasteiger charge is 2.12. The molecule has 2 aromatic carbocycles. The molecule has 0 bridgehead atoms. The largest absolute Gasteiger partial charge is 0.308 e. The topological polar surface area (TPSA) is 15.3 Å². The van der Waals surface area contributed by atoms with E-state index in [9.17, 15) is 4.39 Å². The highest BCUT2D eigenvalue weighted by molar-refractivity contribution is 9.10. The van der Waals surface area contributed by atoms with Crippen LogP contribution < -0.4 is 5.32 Å². The average Bonchev–Trinajstić information content (AvgIpc) is 2.47. The predicted octanol–water partition coefficient (Wildman–Crippen LogP) is 3.98. The number of benzene rings is 2. The number of nitrogens with one attached hydrogen (secondary N) is 1. The van der Waals surface area contributed by atoms with Gasteiger partial charge in [-0.05, 0) is 53.3 Å². The molecule has 1 N–H and O–H groups in total. The van der Waals surface area contributed by atoms with Crippen LogP contribution in [0.3, 0.4) is 0 Å². The van der Waals surface area contributed by atoms with Crippen LogP contribution in [-0.4, -0.2) is 25.5 Å². The van der Waals surface area contributed by atoms with Gasteiger partial charge in [0.15, 0.2) is 0 Å². The third kappa shape index (κ3) is 4.92. The van der Waals surface area contributed by atoms with Crippen LogP contribution in [0.4, 0.5) is 4.39 Å². The van der Waals surface area contributed by atoms with Crippen molar-refractivity contribution >= 4 is 15.9 Å². The third-order valence-electron chi connectivity index (χ3n) is 3.29. The highest BCUT2D eigenvalue weighted by Crippen LogP contribution is 2.18. The van der Waals surface area contributed by atoms with Gasteiger partial charge in [0.25, 0.3) is 0 Å². The lowest BCUT2D eigenvalue weighted by Gasteiger charge is -2.23. The van der Waals surface area contributed by atoms with Gasteiger partial charge < -0.3 is 10.2 Å². The van der Waals surface area contributed by atoms with E-state index in [-0.39, 0.29) is 11.9 Å². The Morgan fingerprint density at radius 3 is 2.48 bits per heavy atom. The summed E-state index contributed by atoms with van der Waals surface area (Å²) in [6.07, 6.45) is 0. The van der Waals surface area contributed by atoms with Crippen molar-refractivity contribution in [2.75, 3.05) is 20.6 Å². The molecule has 0 saturated carbocycles. The zero-order chi connectivity index (χ0) is 15.2. The first kappa shape index (κ1) is 16.1. The summed E-state index contributed by atoms with van der Waals surface area (Å²) in [5.74, 6) is -0.224. The fraction of sp³-hybridized carbons (Fsp3) is 0.294. The van der Waals surface area contributed by atoms with E-state index in [2.05, 4.69) is 52.4 Å². The molecule has 0 aliphatic heterocycles. The van der Waals surface area contributed by atoms with E-state index < -0.39 is 0 Å². The molecule has 112 valence electrons. The molecule has 4 heteroatoms. The number of halogens is 2. The summed E-state index contributed by atoms with van der Waals surface area (Å²) in [6, 6.07) is 15.8. The summed E-state index contributed by atoms with van der Waals surface area (Å²) in [5, 5.41) is 3.51. The lowest BCUT2D eigenvalue weighted by atomic mass is 10.1. The number of hydrogen-bond acceptors (Lipinski definition) is 2. The predicted molar refractivity (Wildman–Crippen MR) is 88.7 cm³/mol. The first-order valence-corrected chi connectivity index (χ1v) is 7.72. The molecule has 0 aliphatic carbocycles. The van der Waals surface area contributed by atoms with Gasteiger partial charge >= 0.3 is 0 Å². The zero-order valence-electron chi connectivity index (χ0n) is 12.3. The zero-order valence-corrected chi connectivity index (χ0v) is 13.9. The van der Waals surface area contributed by atoms with Crippen molar-refractivity contribution in [3.63, 3.8) is 0 Å². The van der Waals surface area contributed by atoms with Crippen molar-refractivity contribution in [3.05, 3.63) is 69.9 Å². The van der Waals surface area contributed by atoms with Gasteiger partial charge in [-0.25, -0.2) is 4.39 Å². The van der Waals surface area contributed by atoms with Gasteiger partial charge in [-0.1, -0.05) is 36.4 Å². The molecular formula is C17H20BrFN2. The van der Waals surface area contributed by atoms with Crippen molar-refractivity contribution in [1.82, 2.24) is 10.2 Å². The highest BCUT2D eigenvalue weighted by atomic mass is 79.9. The van der Waals surface area contributed by atoms with Gasteiger partial charge in [-0.15, -0.1) is 0 Å². The standard InChI is InChI=1S/C17H20BrFN2/c1-21(2)12-17(14-6-4-3-5-7-14)20-11-13-8-9-15(18)16(19)10-13/h3-10,17,20H,11-12H2,1-2H3. The van der Waals surface area contributed by atoms with E-state index in [1.165, 1.54) is 5.56 Å². The molecule has 0 fully saturated rings. The van der Waals surface area contributed by atoms with Gasteiger partial charge in [0.1, 0.15) is 5.82 Å². The molecule has 21 heavy (non-hydrogen) atoms. The molecule has 0 aromatic heterocycles. The second kappa shape index (κ2) is 7.69. The maximum Gasteiger partial charge on any atom is 0.137 e. The Bertz CT molecular complexity index is 572. The van der Waals surface area contributed by atoms with Crippen LogP contribution in [0.2, 0.25) is 0 Å². The number of nitrogens with zero attached hydrogens (tertiary/aromatic N) is 1. The molecule has 2 rings (SSSR count). The summed E-state index contributed by atoms with van der Waals surface area (Å²) < 4.78 is 14.1. The van der Waals surface area contributed by atoms with Crippen LogP contribution >= 0.6 is 15.9 Å². The first-order valence-electron chi connectivity index (χ1n) is 6.93. The third-order valence-corrected chi connectivity index (χ3v) is 3.93. The van der Waals surface area contributed by atoms with Gasteiger partial charge in [-0.2, -0.15) is 0 Å². The minimum Gasteiger partial charge on any atom is -0.308 e.